The highest BCUT2D eigenvalue weighted by atomic mass is 32.2. The molecular formula is C20H24N4O5S. The maximum Gasteiger partial charge on any atom is 0.321 e. The highest BCUT2D eigenvalue weighted by Gasteiger charge is 2.35. The van der Waals surface area contributed by atoms with E-state index in [1.807, 2.05) is 5.43 Å². The summed E-state index contributed by atoms with van der Waals surface area (Å²) in [5, 5.41) is 2.05. The lowest BCUT2D eigenvalue weighted by Crippen LogP contribution is -2.51. The molecule has 1 atom stereocenters. The molecule has 0 aliphatic carbocycles. The Morgan fingerprint density at radius 1 is 1.20 bits per heavy atom. The van der Waals surface area contributed by atoms with Crippen LogP contribution in [0, 0.1) is 0 Å². The van der Waals surface area contributed by atoms with E-state index in [4.69, 9.17) is 10.6 Å². The zero-order valence-corrected chi connectivity index (χ0v) is 17.3. The van der Waals surface area contributed by atoms with E-state index >= 15 is 0 Å². The number of carbonyl (C=O) groups is 2. The van der Waals surface area contributed by atoms with Gasteiger partial charge in [0.15, 0.2) is 9.84 Å². The number of amides is 3. The minimum atomic E-state index is -3.34. The first kappa shape index (κ1) is 21.6. The van der Waals surface area contributed by atoms with Crippen LogP contribution in [0.4, 0.5) is 10.5 Å². The Balaban J connectivity index is 1.68. The van der Waals surface area contributed by atoms with Crippen molar-refractivity contribution in [2.24, 2.45) is 5.84 Å². The van der Waals surface area contributed by atoms with Gasteiger partial charge in [0.05, 0.1) is 18.1 Å². The minimum Gasteiger partial charge on any atom is -0.497 e. The minimum absolute atomic E-state index is 0.0865. The quantitative estimate of drug-likeness (QED) is 0.369. The second kappa shape index (κ2) is 9.14. The van der Waals surface area contributed by atoms with Crippen molar-refractivity contribution in [3.8, 4) is 5.75 Å². The molecule has 2 aromatic rings. The van der Waals surface area contributed by atoms with Gasteiger partial charge in [0.1, 0.15) is 5.75 Å². The molecule has 3 rings (SSSR count). The van der Waals surface area contributed by atoms with Crippen LogP contribution in [-0.4, -0.2) is 56.5 Å². The van der Waals surface area contributed by atoms with Gasteiger partial charge in [-0.15, -0.1) is 0 Å². The topological polar surface area (TPSA) is 131 Å². The summed E-state index contributed by atoms with van der Waals surface area (Å²) in [7, 11) is -1.81. The van der Waals surface area contributed by atoms with Crippen LogP contribution in [0.3, 0.4) is 0 Å². The van der Waals surface area contributed by atoms with E-state index in [1.165, 1.54) is 12.0 Å². The molecule has 1 unspecified atom stereocenters. The lowest BCUT2D eigenvalue weighted by Gasteiger charge is -2.32. The fourth-order valence-corrected chi connectivity index (χ4v) is 4.93. The van der Waals surface area contributed by atoms with E-state index in [-0.39, 0.29) is 31.3 Å². The number of anilines is 1. The zero-order valence-electron chi connectivity index (χ0n) is 16.5. The van der Waals surface area contributed by atoms with Crippen molar-refractivity contribution in [2.45, 2.75) is 11.7 Å². The van der Waals surface area contributed by atoms with Crippen LogP contribution in [0.1, 0.15) is 15.9 Å². The van der Waals surface area contributed by atoms with Crippen LogP contribution >= 0.6 is 0 Å². The lowest BCUT2D eigenvalue weighted by atomic mass is 10.1. The van der Waals surface area contributed by atoms with Gasteiger partial charge in [-0.3, -0.25) is 10.2 Å². The van der Waals surface area contributed by atoms with Crippen molar-refractivity contribution in [3.63, 3.8) is 0 Å². The van der Waals surface area contributed by atoms with Gasteiger partial charge in [-0.05, 0) is 36.2 Å². The molecule has 0 saturated carbocycles. The SMILES string of the molecule is COc1cccc(NC(=O)N2CCS(=O)(=O)C(Cc3ccc(C(=O)NN)cc3)C2)c1. The molecule has 1 saturated heterocycles. The molecular weight excluding hydrogens is 408 g/mol. The molecule has 160 valence electrons. The number of carbonyl (C=O) groups excluding carboxylic acids is 2. The number of urea groups is 1. The molecule has 1 fully saturated rings. The number of hydrazine groups is 1. The van der Waals surface area contributed by atoms with Gasteiger partial charge in [0.25, 0.3) is 5.91 Å². The van der Waals surface area contributed by atoms with E-state index in [2.05, 4.69) is 5.32 Å². The number of ether oxygens (including phenoxy) is 1. The fraction of sp³-hybridized carbons (Fsp3) is 0.300. The average Bonchev–Trinajstić information content (AvgIpc) is 2.75. The van der Waals surface area contributed by atoms with Gasteiger partial charge in [-0.1, -0.05) is 18.2 Å². The van der Waals surface area contributed by atoms with Gasteiger partial charge in [-0.2, -0.15) is 0 Å². The van der Waals surface area contributed by atoms with E-state index in [9.17, 15) is 18.0 Å². The number of nitrogens with two attached hydrogens (primary N) is 1. The highest BCUT2D eigenvalue weighted by molar-refractivity contribution is 7.92. The first-order valence-corrected chi connectivity index (χ1v) is 11.1. The van der Waals surface area contributed by atoms with Gasteiger partial charge < -0.3 is 15.0 Å². The third-order valence-corrected chi connectivity index (χ3v) is 7.08. The summed E-state index contributed by atoms with van der Waals surface area (Å²) in [6.07, 6.45) is 0.246. The number of nitrogens with one attached hydrogen (secondary N) is 2. The summed E-state index contributed by atoms with van der Waals surface area (Å²) >= 11 is 0. The van der Waals surface area contributed by atoms with Crippen molar-refractivity contribution < 1.29 is 22.7 Å². The predicted octanol–water partition coefficient (Wildman–Crippen LogP) is 1.17. The lowest BCUT2D eigenvalue weighted by molar-refractivity contribution is 0.0953. The molecule has 0 radical (unpaired) electrons. The number of rotatable bonds is 5. The van der Waals surface area contributed by atoms with Crippen LogP contribution in [0.5, 0.6) is 5.75 Å². The Kier molecular flexibility index (Phi) is 6.58. The summed E-state index contributed by atoms with van der Waals surface area (Å²) in [5.41, 5.74) is 3.75. The number of benzene rings is 2. The van der Waals surface area contributed by atoms with Gasteiger partial charge in [-0.25, -0.2) is 19.1 Å². The van der Waals surface area contributed by atoms with Crippen molar-refractivity contribution >= 4 is 27.5 Å². The summed E-state index contributed by atoms with van der Waals surface area (Å²) in [4.78, 5) is 25.7. The Labute approximate surface area is 175 Å². The molecule has 2 aromatic carbocycles. The zero-order chi connectivity index (χ0) is 21.7. The summed E-state index contributed by atoms with van der Waals surface area (Å²) < 4.78 is 30.3. The first-order chi connectivity index (χ1) is 14.3. The summed E-state index contributed by atoms with van der Waals surface area (Å²) in [6.45, 7) is 0.216. The molecule has 10 heteroatoms. The highest BCUT2D eigenvalue weighted by Crippen LogP contribution is 2.21. The second-order valence-corrected chi connectivity index (χ2v) is 9.37. The summed E-state index contributed by atoms with van der Waals surface area (Å²) in [5.74, 6) is 5.20. The van der Waals surface area contributed by atoms with E-state index < -0.39 is 21.0 Å². The number of hydrogen-bond donors (Lipinski definition) is 3. The molecule has 3 amide bonds. The number of methoxy groups -OCH3 is 1. The van der Waals surface area contributed by atoms with Crippen LogP contribution < -0.4 is 21.3 Å². The van der Waals surface area contributed by atoms with Crippen molar-refractivity contribution in [1.29, 1.82) is 0 Å². The number of nitrogen functional groups attached to an aromatic ring is 1. The average molecular weight is 433 g/mol. The molecule has 30 heavy (non-hydrogen) atoms. The Hall–Kier alpha value is -3.11. The van der Waals surface area contributed by atoms with Crippen molar-refractivity contribution in [2.75, 3.05) is 31.3 Å². The molecule has 0 aromatic heterocycles. The molecule has 9 nitrogen and oxygen atoms in total. The van der Waals surface area contributed by atoms with Crippen LogP contribution in [-0.2, 0) is 16.3 Å². The van der Waals surface area contributed by atoms with E-state index in [1.54, 1.807) is 48.5 Å². The monoisotopic (exact) mass is 432 g/mol. The standard InChI is InChI=1S/C20H24N4O5S/c1-29-17-4-2-3-16(12-17)22-20(26)24-9-10-30(27,28)18(13-24)11-14-5-7-15(8-6-14)19(25)23-21/h2-8,12,18H,9-11,13,21H2,1H3,(H,22,26)(H,23,25). The van der Waals surface area contributed by atoms with E-state index in [0.29, 0.717) is 17.0 Å². The predicted molar refractivity (Wildman–Crippen MR) is 113 cm³/mol. The van der Waals surface area contributed by atoms with Gasteiger partial charge >= 0.3 is 6.03 Å². The van der Waals surface area contributed by atoms with Crippen molar-refractivity contribution in [1.82, 2.24) is 10.3 Å². The van der Waals surface area contributed by atoms with Crippen LogP contribution in [0.2, 0.25) is 0 Å². The molecule has 1 aliphatic rings. The molecule has 0 bridgehead atoms. The molecule has 1 heterocycles. The van der Waals surface area contributed by atoms with Crippen LogP contribution in [0.15, 0.2) is 48.5 Å². The van der Waals surface area contributed by atoms with Gasteiger partial charge in [0, 0.05) is 30.4 Å². The smallest absolute Gasteiger partial charge is 0.321 e. The molecule has 0 spiro atoms. The maximum atomic E-state index is 12.7. The number of sulfone groups is 1. The maximum absolute atomic E-state index is 12.7. The Bertz CT molecular complexity index is 1020. The molecule has 1 aliphatic heterocycles. The largest absolute Gasteiger partial charge is 0.497 e. The van der Waals surface area contributed by atoms with Crippen LogP contribution in [0.25, 0.3) is 0 Å². The second-order valence-electron chi connectivity index (χ2n) is 6.97. The first-order valence-electron chi connectivity index (χ1n) is 9.34. The van der Waals surface area contributed by atoms with Gasteiger partial charge in [0.2, 0.25) is 0 Å². The summed E-state index contributed by atoms with van der Waals surface area (Å²) in [6, 6.07) is 13.1. The normalized spacial score (nSPS) is 17.8. The van der Waals surface area contributed by atoms with E-state index in [0.717, 1.165) is 5.56 Å². The number of nitrogens with zero attached hydrogens (tertiary/aromatic N) is 1. The number of hydrogen-bond acceptors (Lipinski definition) is 6. The third kappa shape index (κ3) is 5.08. The Morgan fingerprint density at radius 3 is 2.60 bits per heavy atom. The van der Waals surface area contributed by atoms with Crippen molar-refractivity contribution in [3.05, 3.63) is 59.7 Å². The fourth-order valence-electron chi connectivity index (χ4n) is 3.27. The Morgan fingerprint density at radius 2 is 1.93 bits per heavy atom. The third-order valence-electron chi connectivity index (χ3n) is 5.00. The molecule has 4 N–H and O–H groups in total.